The van der Waals surface area contributed by atoms with Crippen molar-refractivity contribution in [1.29, 1.82) is 5.41 Å². The predicted molar refractivity (Wildman–Crippen MR) is 65.0 cm³/mol. The van der Waals surface area contributed by atoms with Crippen LogP contribution in [0.2, 0.25) is 0 Å². The zero-order valence-electron chi connectivity index (χ0n) is 9.85. The molecule has 0 bridgehead atoms. The summed E-state index contributed by atoms with van der Waals surface area (Å²) in [5, 5.41) is 7.48. The van der Waals surface area contributed by atoms with Crippen molar-refractivity contribution in [3.8, 4) is 0 Å². The largest absolute Gasteiger partial charge is 0.305 e. The summed E-state index contributed by atoms with van der Waals surface area (Å²) in [5.74, 6) is 0.0537. The van der Waals surface area contributed by atoms with Crippen LogP contribution in [0.15, 0.2) is 24.3 Å². The van der Waals surface area contributed by atoms with E-state index in [-0.39, 0.29) is 13.1 Å². The van der Waals surface area contributed by atoms with E-state index in [2.05, 4.69) is 6.58 Å². The van der Waals surface area contributed by atoms with Crippen LogP contribution in [0.3, 0.4) is 0 Å². The normalized spacial score (nSPS) is 10.3. The van der Waals surface area contributed by atoms with Gasteiger partial charge in [-0.25, -0.2) is 0 Å². The van der Waals surface area contributed by atoms with Crippen LogP contribution in [-0.2, 0) is 4.79 Å². The first-order valence-electron chi connectivity index (χ1n) is 4.92. The number of ketones is 1. The third-order valence-electron chi connectivity index (χ3n) is 1.57. The van der Waals surface area contributed by atoms with Crippen molar-refractivity contribution >= 4 is 11.5 Å². The molecule has 0 saturated heterocycles. The SMILES string of the molecule is C=CC(=O)/C(C)=C/C(=N)C(C)C.CC.[HH]. The first kappa shape index (κ1) is 15.3. The first-order chi connectivity index (χ1) is 6.49. The highest BCUT2D eigenvalue weighted by atomic mass is 16.1. The van der Waals surface area contributed by atoms with Crippen molar-refractivity contribution in [1.82, 2.24) is 0 Å². The van der Waals surface area contributed by atoms with Crippen molar-refractivity contribution in [2.45, 2.75) is 34.6 Å². The van der Waals surface area contributed by atoms with Gasteiger partial charge in [0.2, 0.25) is 0 Å². The third kappa shape index (κ3) is 6.35. The van der Waals surface area contributed by atoms with E-state index < -0.39 is 0 Å². The summed E-state index contributed by atoms with van der Waals surface area (Å²) in [6, 6.07) is 0. The molecule has 0 aliphatic carbocycles. The summed E-state index contributed by atoms with van der Waals surface area (Å²) in [6.07, 6.45) is 2.86. The lowest BCUT2D eigenvalue weighted by molar-refractivity contribution is -0.111. The molecule has 0 rings (SSSR count). The van der Waals surface area contributed by atoms with Gasteiger partial charge in [0.1, 0.15) is 0 Å². The Morgan fingerprint density at radius 3 is 2.14 bits per heavy atom. The Kier molecular flexibility index (Phi) is 9.20. The fourth-order valence-electron chi connectivity index (χ4n) is 0.632. The minimum atomic E-state index is -0.111. The zero-order chi connectivity index (χ0) is 11.7. The van der Waals surface area contributed by atoms with Crippen molar-refractivity contribution in [3.63, 3.8) is 0 Å². The lowest BCUT2D eigenvalue weighted by atomic mass is 10.0. The molecule has 0 aliphatic rings. The Morgan fingerprint density at radius 2 is 1.86 bits per heavy atom. The van der Waals surface area contributed by atoms with Crippen molar-refractivity contribution < 1.29 is 6.22 Å². The molecule has 0 aromatic carbocycles. The summed E-state index contributed by atoms with van der Waals surface area (Å²) < 4.78 is 0. The zero-order valence-corrected chi connectivity index (χ0v) is 9.85. The Bertz CT molecular complexity index is 242. The highest BCUT2D eigenvalue weighted by molar-refractivity contribution is 6.08. The average Bonchev–Trinajstić information content (AvgIpc) is 2.19. The smallest absolute Gasteiger partial charge is 0.181 e. The van der Waals surface area contributed by atoms with Crippen LogP contribution in [0.1, 0.15) is 36.0 Å². The van der Waals surface area contributed by atoms with Gasteiger partial charge in [-0.1, -0.05) is 34.3 Å². The Morgan fingerprint density at radius 1 is 1.43 bits per heavy atom. The van der Waals surface area contributed by atoms with Crippen molar-refractivity contribution in [3.05, 3.63) is 24.3 Å². The number of hydrogen-bond acceptors (Lipinski definition) is 2. The summed E-state index contributed by atoms with van der Waals surface area (Å²) >= 11 is 0. The molecule has 0 aromatic heterocycles. The minimum absolute atomic E-state index is 0. The number of carbonyl (C=O) groups is 1. The van der Waals surface area contributed by atoms with Crippen LogP contribution < -0.4 is 0 Å². The molecule has 0 heterocycles. The molecule has 0 amide bonds. The molecule has 0 aliphatic heterocycles. The summed E-state index contributed by atoms with van der Waals surface area (Å²) in [7, 11) is 0. The molecule has 0 fully saturated rings. The van der Waals surface area contributed by atoms with Gasteiger partial charge in [-0.05, 0) is 30.6 Å². The maximum Gasteiger partial charge on any atom is 0.181 e. The molecule has 82 valence electrons. The predicted octanol–water partition coefficient (Wildman–Crippen LogP) is 3.64. The number of carbonyl (C=O) groups excluding carboxylic acids is 1. The summed E-state index contributed by atoms with van der Waals surface area (Å²) in [4.78, 5) is 11.0. The van der Waals surface area contributed by atoms with E-state index in [0.29, 0.717) is 11.3 Å². The van der Waals surface area contributed by atoms with Gasteiger partial charge in [0.05, 0.1) is 0 Å². The van der Waals surface area contributed by atoms with Gasteiger partial charge in [0, 0.05) is 7.14 Å². The molecule has 0 atom stereocenters. The molecule has 0 spiro atoms. The van der Waals surface area contributed by atoms with Gasteiger partial charge in [-0.2, -0.15) is 0 Å². The summed E-state index contributed by atoms with van der Waals surface area (Å²) in [6.45, 7) is 12.9. The van der Waals surface area contributed by atoms with Crippen LogP contribution >= 0.6 is 0 Å². The molecular weight excluding hydrogens is 174 g/mol. The minimum Gasteiger partial charge on any atom is -0.305 e. The van der Waals surface area contributed by atoms with Crippen LogP contribution in [0.4, 0.5) is 0 Å². The summed E-state index contributed by atoms with van der Waals surface area (Å²) in [5.41, 5.74) is 1.05. The lowest BCUT2D eigenvalue weighted by Gasteiger charge is -2.02. The van der Waals surface area contributed by atoms with Gasteiger partial charge in [0.25, 0.3) is 0 Å². The molecule has 0 aromatic rings. The van der Waals surface area contributed by atoms with E-state index in [1.165, 1.54) is 6.08 Å². The standard InChI is InChI=1S/C10H15NO.C2H6.H2/c1-5-10(12)8(4)6-9(11)7(2)3;1-2;/h5-7,11H,1H2,2-4H3;1-2H3;1H/b8-6+,11-9?;;. The van der Waals surface area contributed by atoms with Crippen molar-refractivity contribution in [2.75, 3.05) is 0 Å². The lowest BCUT2D eigenvalue weighted by Crippen LogP contribution is -2.05. The second kappa shape index (κ2) is 8.42. The fourth-order valence-corrected chi connectivity index (χ4v) is 0.632. The Hall–Kier alpha value is -1.18. The van der Waals surface area contributed by atoms with E-state index in [1.807, 2.05) is 27.7 Å². The van der Waals surface area contributed by atoms with E-state index >= 15 is 0 Å². The molecular formula is C12H23NO. The molecule has 2 nitrogen and oxygen atoms in total. The third-order valence-corrected chi connectivity index (χ3v) is 1.57. The molecule has 2 heteroatoms. The number of nitrogens with one attached hydrogen (secondary N) is 1. The maximum absolute atomic E-state index is 11.0. The highest BCUT2D eigenvalue weighted by Gasteiger charge is 2.02. The van der Waals surface area contributed by atoms with Crippen LogP contribution in [0.25, 0.3) is 0 Å². The van der Waals surface area contributed by atoms with Gasteiger partial charge < -0.3 is 5.41 Å². The number of allylic oxidation sites excluding steroid dienone is 3. The average molecular weight is 197 g/mol. The number of rotatable bonds is 4. The Labute approximate surface area is 88.7 Å². The van der Waals surface area contributed by atoms with E-state index in [0.717, 1.165) is 0 Å². The molecule has 0 radical (unpaired) electrons. The van der Waals surface area contributed by atoms with Crippen LogP contribution in [0, 0.1) is 11.3 Å². The maximum atomic E-state index is 11.0. The monoisotopic (exact) mass is 197 g/mol. The number of hydrogen-bond donors (Lipinski definition) is 1. The molecule has 0 saturated carbocycles. The van der Waals surface area contributed by atoms with Crippen LogP contribution in [-0.4, -0.2) is 11.5 Å². The second-order valence-corrected chi connectivity index (χ2v) is 3.01. The molecule has 0 unspecified atom stereocenters. The van der Waals surface area contributed by atoms with E-state index in [9.17, 15) is 4.79 Å². The molecule has 14 heavy (non-hydrogen) atoms. The molecule has 1 N–H and O–H groups in total. The van der Waals surface area contributed by atoms with Gasteiger partial charge in [0.15, 0.2) is 5.78 Å². The fraction of sp³-hybridized carbons (Fsp3) is 0.500. The first-order valence-corrected chi connectivity index (χ1v) is 4.92. The Balaban J connectivity index is -0.000000449. The topological polar surface area (TPSA) is 40.9 Å². The van der Waals surface area contributed by atoms with Crippen LogP contribution in [0.5, 0.6) is 0 Å². The quantitative estimate of drug-likeness (QED) is 0.542. The van der Waals surface area contributed by atoms with Gasteiger partial charge >= 0.3 is 0 Å². The highest BCUT2D eigenvalue weighted by Crippen LogP contribution is 2.02. The van der Waals surface area contributed by atoms with Gasteiger partial charge in [-0.3, -0.25) is 4.79 Å². The second-order valence-electron chi connectivity index (χ2n) is 3.01. The van der Waals surface area contributed by atoms with E-state index in [4.69, 9.17) is 5.41 Å². The van der Waals surface area contributed by atoms with Gasteiger partial charge in [-0.15, -0.1) is 0 Å². The van der Waals surface area contributed by atoms with E-state index in [1.54, 1.807) is 13.0 Å². The van der Waals surface area contributed by atoms with Crippen molar-refractivity contribution in [2.24, 2.45) is 5.92 Å².